The molecule has 0 atom stereocenters. The molecule has 0 radical (unpaired) electrons. The Morgan fingerprint density at radius 2 is 1.30 bits per heavy atom. The second-order valence-corrected chi connectivity index (χ2v) is 4.03. The van der Waals surface area contributed by atoms with Crippen LogP contribution in [0.4, 0.5) is 0 Å². The zero-order chi connectivity index (χ0) is 17.1. The molecule has 4 nitrogen and oxygen atoms in total. The first kappa shape index (κ1) is 18.4. The number of nitrogens with zero attached hydrogens (tertiary/aromatic N) is 2. The lowest BCUT2D eigenvalue weighted by Gasteiger charge is -1.84. The van der Waals surface area contributed by atoms with Crippen LogP contribution in [0.25, 0.3) is 22.2 Å². The minimum Gasteiger partial charge on any atom is -0.443 e. The van der Waals surface area contributed by atoms with E-state index >= 15 is 0 Å². The molecule has 0 bridgehead atoms. The zero-order valence-corrected chi connectivity index (χ0v) is 14.4. The SMILES string of the molecule is CC.CC.Cc1nc2cc3ncoc3cc2o1.c1ccccc1. The molecule has 2 aromatic carbocycles. The fourth-order valence-corrected chi connectivity index (χ4v) is 1.78. The van der Waals surface area contributed by atoms with E-state index in [4.69, 9.17) is 8.83 Å². The maximum Gasteiger partial charge on any atom is 0.192 e. The van der Waals surface area contributed by atoms with E-state index in [1.807, 2.05) is 77.1 Å². The number of rotatable bonds is 0. The molecule has 0 saturated heterocycles. The Balaban J connectivity index is 0.000000224. The van der Waals surface area contributed by atoms with Crippen LogP contribution in [0.1, 0.15) is 33.6 Å². The summed E-state index contributed by atoms with van der Waals surface area (Å²) in [5.41, 5.74) is 3.09. The molecule has 0 unspecified atom stereocenters. The van der Waals surface area contributed by atoms with E-state index in [0.29, 0.717) is 5.89 Å². The van der Waals surface area contributed by atoms with Gasteiger partial charge in [-0.2, -0.15) is 0 Å². The molecule has 0 spiro atoms. The standard InChI is InChI=1S/C9H6N2O2.C6H6.2C2H6/c1-5-11-7-2-6-8(12-4-10-6)3-9(7)13-5;1-2-4-6-5-3-1;2*1-2/h2-4H,1H3;1-6H;2*1-2H3. The average Bonchev–Trinajstić information content (AvgIpc) is 3.22. The van der Waals surface area contributed by atoms with Gasteiger partial charge in [0.1, 0.15) is 11.0 Å². The topological polar surface area (TPSA) is 52.1 Å². The Morgan fingerprint density at radius 3 is 1.87 bits per heavy atom. The summed E-state index contributed by atoms with van der Waals surface area (Å²) in [7, 11) is 0. The highest BCUT2D eigenvalue weighted by atomic mass is 16.4. The van der Waals surface area contributed by atoms with Crippen molar-refractivity contribution in [1.29, 1.82) is 0 Å². The van der Waals surface area contributed by atoms with Gasteiger partial charge in [0.15, 0.2) is 23.5 Å². The first-order valence-electron chi connectivity index (χ1n) is 7.93. The molecule has 0 aliphatic rings. The Morgan fingerprint density at radius 1 is 0.739 bits per heavy atom. The van der Waals surface area contributed by atoms with Crippen molar-refractivity contribution in [1.82, 2.24) is 9.97 Å². The summed E-state index contributed by atoms with van der Waals surface area (Å²) in [6, 6.07) is 15.7. The van der Waals surface area contributed by atoms with Crippen molar-refractivity contribution in [2.75, 3.05) is 0 Å². The predicted molar refractivity (Wildman–Crippen MR) is 95.5 cm³/mol. The van der Waals surface area contributed by atoms with Gasteiger partial charge >= 0.3 is 0 Å². The summed E-state index contributed by atoms with van der Waals surface area (Å²) in [6.45, 7) is 9.81. The van der Waals surface area contributed by atoms with Gasteiger partial charge in [0.2, 0.25) is 0 Å². The Kier molecular flexibility index (Phi) is 8.14. The molecule has 23 heavy (non-hydrogen) atoms. The van der Waals surface area contributed by atoms with Gasteiger partial charge in [-0.05, 0) is 6.07 Å². The van der Waals surface area contributed by atoms with Gasteiger partial charge in [-0.15, -0.1) is 0 Å². The van der Waals surface area contributed by atoms with E-state index in [1.165, 1.54) is 6.39 Å². The molecular weight excluding hydrogens is 288 g/mol. The smallest absolute Gasteiger partial charge is 0.192 e. The van der Waals surface area contributed by atoms with Gasteiger partial charge in [0.25, 0.3) is 0 Å². The zero-order valence-electron chi connectivity index (χ0n) is 14.4. The quantitative estimate of drug-likeness (QED) is 0.398. The number of oxazole rings is 2. The van der Waals surface area contributed by atoms with Crippen LogP contribution < -0.4 is 0 Å². The van der Waals surface area contributed by atoms with Gasteiger partial charge in [-0.25, -0.2) is 9.97 Å². The fourth-order valence-electron chi connectivity index (χ4n) is 1.78. The van der Waals surface area contributed by atoms with Crippen LogP contribution in [0, 0.1) is 6.92 Å². The third kappa shape index (κ3) is 5.25. The predicted octanol–water partition coefficient (Wildman–Crippen LogP) is 6.02. The molecular formula is C19H24N2O2. The first-order chi connectivity index (χ1) is 11.3. The highest BCUT2D eigenvalue weighted by Gasteiger charge is 2.06. The summed E-state index contributed by atoms with van der Waals surface area (Å²) >= 11 is 0. The van der Waals surface area contributed by atoms with E-state index in [0.717, 1.165) is 22.2 Å². The van der Waals surface area contributed by atoms with Gasteiger partial charge in [-0.1, -0.05) is 64.1 Å². The summed E-state index contributed by atoms with van der Waals surface area (Å²) in [5.74, 6) is 0.655. The van der Waals surface area contributed by atoms with Crippen LogP contribution in [0.2, 0.25) is 0 Å². The molecule has 0 fully saturated rings. The van der Waals surface area contributed by atoms with E-state index < -0.39 is 0 Å². The molecule has 0 aliphatic heterocycles. The van der Waals surface area contributed by atoms with Crippen LogP contribution in [0.15, 0.2) is 63.8 Å². The van der Waals surface area contributed by atoms with Crippen LogP contribution in [-0.2, 0) is 0 Å². The fraction of sp³-hybridized carbons (Fsp3) is 0.263. The third-order valence-corrected chi connectivity index (χ3v) is 2.61. The summed E-state index contributed by atoms with van der Waals surface area (Å²) in [6.07, 6.45) is 1.41. The van der Waals surface area contributed by atoms with Crippen molar-refractivity contribution in [3.8, 4) is 0 Å². The van der Waals surface area contributed by atoms with Crippen molar-refractivity contribution in [2.24, 2.45) is 0 Å². The van der Waals surface area contributed by atoms with E-state index in [1.54, 1.807) is 6.07 Å². The Hall–Kier alpha value is -2.62. The maximum atomic E-state index is 5.35. The molecule has 0 aliphatic carbocycles. The summed E-state index contributed by atoms with van der Waals surface area (Å²) in [5, 5.41) is 0. The van der Waals surface area contributed by atoms with Gasteiger partial charge in [0.05, 0.1) is 0 Å². The van der Waals surface area contributed by atoms with Crippen LogP contribution in [-0.4, -0.2) is 9.97 Å². The van der Waals surface area contributed by atoms with Gasteiger partial charge < -0.3 is 8.83 Å². The first-order valence-corrected chi connectivity index (χ1v) is 7.93. The lowest BCUT2D eigenvalue weighted by Crippen LogP contribution is -1.70. The van der Waals surface area contributed by atoms with Crippen molar-refractivity contribution < 1.29 is 8.83 Å². The third-order valence-electron chi connectivity index (χ3n) is 2.61. The van der Waals surface area contributed by atoms with Crippen molar-refractivity contribution in [2.45, 2.75) is 34.6 Å². The van der Waals surface area contributed by atoms with Crippen LogP contribution in [0.5, 0.6) is 0 Å². The lowest BCUT2D eigenvalue weighted by atomic mass is 10.3. The number of benzene rings is 2. The number of aryl methyl sites for hydroxylation is 1. The van der Waals surface area contributed by atoms with E-state index in [-0.39, 0.29) is 0 Å². The highest BCUT2D eigenvalue weighted by Crippen LogP contribution is 2.21. The maximum absolute atomic E-state index is 5.35. The van der Waals surface area contributed by atoms with E-state index in [9.17, 15) is 0 Å². The molecule has 0 saturated carbocycles. The largest absolute Gasteiger partial charge is 0.443 e. The summed E-state index contributed by atoms with van der Waals surface area (Å²) in [4.78, 5) is 8.22. The molecule has 4 aromatic rings. The molecule has 0 N–H and O–H groups in total. The molecule has 2 heterocycles. The monoisotopic (exact) mass is 312 g/mol. The van der Waals surface area contributed by atoms with Gasteiger partial charge in [0, 0.05) is 13.0 Å². The number of hydrogen-bond donors (Lipinski definition) is 0. The summed E-state index contributed by atoms with van der Waals surface area (Å²) < 4.78 is 10.5. The Bertz CT molecular complexity index is 714. The highest BCUT2D eigenvalue weighted by molar-refractivity contribution is 5.88. The minimum absolute atomic E-state index is 0.655. The minimum atomic E-state index is 0.655. The molecule has 0 amide bonds. The Labute approximate surface area is 137 Å². The number of hydrogen-bond acceptors (Lipinski definition) is 4. The molecule has 4 rings (SSSR count). The number of aromatic nitrogens is 2. The molecule has 4 heteroatoms. The van der Waals surface area contributed by atoms with Crippen molar-refractivity contribution in [3.05, 3.63) is 60.8 Å². The number of fused-ring (bicyclic) bond motifs is 2. The second kappa shape index (κ2) is 10.2. The second-order valence-electron chi connectivity index (χ2n) is 4.03. The van der Waals surface area contributed by atoms with Crippen LogP contribution >= 0.6 is 0 Å². The van der Waals surface area contributed by atoms with Crippen molar-refractivity contribution in [3.63, 3.8) is 0 Å². The van der Waals surface area contributed by atoms with E-state index in [2.05, 4.69) is 9.97 Å². The van der Waals surface area contributed by atoms with Gasteiger partial charge in [-0.3, -0.25) is 0 Å². The average molecular weight is 312 g/mol. The normalized spacial score (nSPS) is 9.09. The molecule has 2 aromatic heterocycles. The lowest BCUT2D eigenvalue weighted by molar-refractivity contribution is 0.559. The van der Waals surface area contributed by atoms with Crippen molar-refractivity contribution >= 4 is 22.2 Å². The van der Waals surface area contributed by atoms with Crippen LogP contribution in [0.3, 0.4) is 0 Å². The molecule has 122 valence electrons.